The fraction of sp³-hybridized carbons (Fsp3) is 0.353. The van der Waals surface area contributed by atoms with Gasteiger partial charge in [-0.3, -0.25) is 0 Å². The number of alkyl halides is 3. The molecular weight excluding hydrogens is 383 g/mol. The molecule has 0 bridgehead atoms. The SMILES string of the molecule is COCc1nc(-c2nc(-c3ccc(OC(C)C)cc3C(F)(F)F)no2)cs1. The molecular formula is C17H16F3N3O3S. The second-order valence-corrected chi connectivity index (χ2v) is 6.80. The summed E-state index contributed by atoms with van der Waals surface area (Å²) in [5, 5.41) is 6.06. The van der Waals surface area contributed by atoms with Crippen molar-refractivity contribution in [1.29, 1.82) is 0 Å². The number of aromatic nitrogens is 3. The van der Waals surface area contributed by atoms with Crippen LogP contribution in [0.4, 0.5) is 13.2 Å². The van der Waals surface area contributed by atoms with Crippen LogP contribution in [0.5, 0.6) is 5.75 Å². The van der Waals surface area contributed by atoms with Crippen molar-refractivity contribution in [3.8, 4) is 28.7 Å². The van der Waals surface area contributed by atoms with E-state index in [0.29, 0.717) is 17.3 Å². The highest BCUT2D eigenvalue weighted by Gasteiger charge is 2.35. The van der Waals surface area contributed by atoms with Gasteiger partial charge >= 0.3 is 6.18 Å². The van der Waals surface area contributed by atoms with Crippen molar-refractivity contribution in [2.24, 2.45) is 0 Å². The summed E-state index contributed by atoms with van der Waals surface area (Å²) in [7, 11) is 1.54. The number of methoxy groups -OCH3 is 1. The number of nitrogens with zero attached hydrogens (tertiary/aromatic N) is 3. The second kappa shape index (κ2) is 7.65. The van der Waals surface area contributed by atoms with Crippen LogP contribution in [0.2, 0.25) is 0 Å². The second-order valence-electron chi connectivity index (χ2n) is 5.85. The van der Waals surface area contributed by atoms with Crippen molar-refractivity contribution in [2.45, 2.75) is 32.7 Å². The molecule has 0 aliphatic rings. The molecule has 0 N–H and O–H groups in total. The van der Waals surface area contributed by atoms with Crippen LogP contribution in [0.15, 0.2) is 28.1 Å². The highest BCUT2D eigenvalue weighted by molar-refractivity contribution is 7.09. The van der Waals surface area contributed by atoms with Crippen molar-refractivity contribution >= 4 is 11.3 Å². The van der Waals surface area contributed by atoms with Crippen LogP contribution in [0.25, 0.3) is 23.0 Å². The molecule has 1 aromatic carbocycles. The number of benzene rings is 1. The molecule has 3 aromatic rings. The lowest BCUT2D eigenvalue weighted by atomic mass is 10.1. The minimum Gasteiger partial charge on any atom is -0.491 e. The van der Waals surface area contributed by atoms with Crippen LogP contribution in [0.1, 0.15) is 24.4 Å². The predicted octanol–water partition coefficient (Wildman–Crippen LogP) is 4.81. The molecule has 0 aliphatic heterocycles. The molecule has 10 heteroatoms. The molecule has 6 nitrogen and oxygen atoms in total. The number of hydrogen-bond acceptors (Lipinski definition) is 7. The van der Waals surface area contributed by atoms with Gasteiger partial charge in [0.2, 0.25) is 5.82 Å². The summed E-state index contributed by atoms with van der Waals surface area (Å²) in [5.74, 6) is -0.0116. The average Bonchev–Trinajstić information content (AvgIpc) is 3.23. The lowest BCUT2D eigenvalue weighted by Gasteiger charge is -2.14. The average molecular weight is 399 g/mol. The summed E-state index contributed by atoms with van der Waals surface area (Å²) in [6.07, 6.45) is -4.85. The molecule has 0 fully saturated rings. The van der Waals surface area contributed by atoms with E-state index in [1.54, 1.807) is 19.2 Å². The highest BCUT2D eigenvalue weighted by atomic mass is 32.1. The molecule has 0 spiro atoms. The maximum Gasteiger partial charge on any atom is 0.417 e. The zero-order valence-corrected chi connectivity index (χ0v) is 15.5. The first-order chi connectivity index (χ1) is 12.8. The van der Waals surface area contributed by atoms with E-state index in [-0.39, 0.29) is 29.1 Å². The molecule has 0 unspecified atom stereocenters. The van der Waals surface area contributed by atoms with Gasteiger partial charge in [-0.1, -0.05) is 5.16 Å². The first-order valence-corrected chi connectivity index (χ1v) is 8.81. The van der Waals surface area contributed by atoms with Gasteiger partial charge in [-0.2, -0.15) is 18.2 Å². The van der Waals surface area contributed by atoms with Crippen molar-refractivity contribution < 1.29 is 27.2 Å². The Kier molecular flexibility index (Phi) is 5.47. The Morgan fingerprint density at radius 1 is 1.22 bits per heavy atom. The van der Waals surface area contributed by atoms with E-state index in [0.717, 1.165) is 6.07 Å². The van der Waals surface area contributed by atoms with Gasteiger partial charge in [0.25, 0.3) is 5.89 Å². The fourth-order valence-corrected chi connectivity index (χ4v) is 3.07. The molecule has 144 valence electrons. The zero-order chi connectivity index (χ0) is 19.6. The van der Waals surface area contributed by atoms with Gasteiger partial charge in [-0.25, -0.2) is 4.98 Å². The number of ether oxygens (including phenoxy) is 2. The van der Waals surface area contributed by atoms with Crippen LogP contribution in [0.3, 0.4) is 0 Å². The normalized spacial score (nSPS) is 12.0. The minimum absolute atomic E-state index is 0.0410. The summed E-state index contributed by atoms with van der Waals surface area (Å²) in [5.41, 5.74) is -0.702. The Bertz CT molecular complexity index is 922. The van der Waals surface area contributed by atoms with E-state index in [1.807, 2.05) is 0 Å². The van der Waals surface area contributed by atoms with Crippen molar-refractivity contribution in [3.05, 3.63) is 34.2 Å². The standard InChI is InChI=1S/C17H16F3N3O3S/c1-9(2)25-10-4-5-11(12(6-10)17(18,19)20)15-22-16(26-23-15)13-8-27-14(21-13)7-24-3/h4-6,8-9H,7H2,1-3H3. The van der Waals surface area contributed by atoms with E-state index in [1.165, 1.54) is 30.6 Å². The number of thiazole rings is 1. The van der Waals surface area contributed by atoms with E-state index < -0.39 is 11.7 Å². The Labute approximate surface area is 157 Å². The van der Waals surface area contributed by atoms with Gasteiger partial charge in [-0.05, 0) is 32.0 Å². The fourth-order valence-electron chi connectivity index (χ4n) is 2.33. The van der Waals surface area contributed by atoms with Gasteiger partial charge in [0.1, 0.15) is 16.5 Å². The zero-order valence-electron chi connectivity index (χ0n) is 14.7. The Hall–Kier alpha value is -2.46. The molecule has 2 heterocycles. The van der Waals surface area contributed by atoms with Crippen molar-refractivity contribution in [2.75, 3.05) is 7.11 Å². The third-order valence-corrected chi connectivity index (χ3v) is 4.20. The van der Waals surface area contributed by atoms with Crippen LogP contribution in [0, 0.1) is 0 Å². The monoisotopic (exact) mass is 399 g/mol. The molecule has 3 rings (SSSR count). The van der Waals surface area contributed by atoms with Crippen LogP contribution >= 0.6 is 11.3 Å². The molecule has 2 aromatic heterocycles. The third kappa shape index (κ3) is 4.45. The Morgan fingerprint density at radius 2 is 2.00 bits per heavy atom. The summed E-state index contributed by atoms with van der Waals surface area (Å²) >= 11 is 1.33. The smallest absolute Gasteiger partial charge is 0.417 e. The number of halogens is 3. The van der Waals surface area contributed by atoms with Crippen LogP contribution in [-0.4, -0.2) is 28.3 Å². The van der Waals surface area contributed by atoms with Gasteiger partial charge in [0, 0.05) is 18.1 Å². The maximum absolute atomic E-state index is 13.5. The van der Waals surface area contributed by atoms with Gasteiger partial charge < -0.3 is 14.0 Å². The van der Waals surface area contributed by atoms with E-state index in [9.17, 15) is 13.2 Å². The van der Waals surface area contributed by atoms with E-state index in [4.69, 9.17) is 14.0 Å². The Morgan fingerprint density at radius 3 is 2.67 bits per heavy atom. The molecule has 0 radical (unpaired) electrons. The lowest BCUT2D eigenvalue weighted by molar-refractivity contribution is -0.137. The lowest BCUT2D eigenvalue weighted by Crippen LogP contribution is -2.10. The molecule has 0 atom stereocenters. The first kappa shape index (κ1) is 19.3. The molecule has 27 heavy (non-hydrogen) atoms. The minimum atomic E-state index is -4.60. The summed E-state index contributed by atoms with van der Waals surface area (Å²) in [6, 6.07) is 3.65. The van der Waals surface area contributed by atoms with Crippen molar-refractivity contribution in [3.63, 3.8) is 0 Å². The van der Waals surface area contributed by atoms with Gasteiger partial charge in [0.15, 0.2) is 0 Å². The third-order valence-electron chi connectivity index (χ3n) is 3.37. The molecule has 0 saturated heterocycles. The predicted molar refractivity (Wildman–Crippen MR) is 92.3 cm³/mol. The summed E-state index contributed by atoms with van der Waals surface area (Å²) < 4.78 is 56.0. The number of hydrogen-bond donors (Lipinski definition) is 0. The molecule has 0 saturated carbocycles. The topological polar surface area (TPSA) is 70.3 Å². The van der Waals surface area contributed by atoms with Crippen LogP contribution in [-0.2, 0) is 17.5 Å². The molecule has 0 aliphatic carbocycles. The number of rotatable bonds is 6. The largest absolute Gasteiger partial charge is 0.491 e. The van der Waals surface area contributed by atoms with Crippen LogP contribution < -0.4 is 4.74 Å². The van der Waals surface area contributed by atoms with Crippen molar-refractivity contribution in [1.82, 2.24) is 15.1 Å². The highest BCUT2D eigenvalue weighted by Crippen LogP contribution is 2.39. The Balaban J connectivity index is 1.97. The summed E-state index contributed by atoms with van der Waals surface area (Å²) in [4.78, 5) is 8.32. The van der Waals surface area contributed by atoms with Gasteiger partial charge in [0.05, 0.1) is 18.3 Å². The first-order valence-electron chi connectivity index (χ1n) is 7.93. The van der Waals surface area contributed by atoms with Gasteiger partial charge in [-0.15, -0.1) is 11.3 Å². The molecule has 0 amide bonds. The van der Waals surface area contributed by atoms with E-state index in [2.05, 4.69) is 15.1 Å². The quantitative estimate of drug-likeness (QED) is 0.592. The maximum atomic E-state index is 13.5. The summed E-state index contributed by atoms with van der Waals surface area (Å²) in [6.45, 7) is 3.79. The van der Waals surface area contributed by atoms with E-state index >= 15 is 0 Å².